The molecule has 18 heavy (non-hydrogen) atoms. The summed E-state index contributed by atoms with van der Waals surface area (Å²) in [5, 5.41) is 8.81. The molecule has 0 bridgehead atoms. The normalized spacial score (nSPS) is 14.3. The largest absolute Gasteiger partial charge is 0.352 e. The van der Waals surface area contributed by atoms with Gasteiger partial charge in [0.05, 0.1) is 12.3 Å². The summed E-state index contributed by atoms with van der Waals surface area (Å²) in [5.41, 5.74) is 11.5. The van der Waals surface area contributed by atoms with Gasteiger partial charge in [0.2, 0.25) is 0 Å². The number of fused-ring (bicyclic) bond motifs is 1. The second-order valence-electron chi connectivity index (χ2n) is 3.73. The molecule has 0 aromatic heterocycles. The van der Waals surface area contributed by atoms with Crippen molar-refractivity contribution in [3.05, 3.63) is 23.8 Å². The average Bonchev–Trinajstić information content (AvgIpc) is 2.35. The standard InChI is InChI=1S/C9H7N3O.C2H6N2O/c13-9-10-4-8(11-12-9)7-3-5-1-2-6(5)7;1-4-2(3)5/h1-3H,4H2,(H2,10,12,13);1H3,(H3,3,4,5). The van der Waals surface area contributed by atoms with E-state index in [9.17, 15) is 9.59 Å². The smallest absolute Gasteiger partial charge is 0.335 e. The van der Waals surface area contributed by atoms with Crippen LogP contribution in [0, 0.1) is 0 Å². The molecule has 0 unspecified atom stereocenters. The maximum absolute atomic E-state index is 10.7. The molecule has 4 amide bonds. The van der Waals surface area contributed by atoms with Crippen molar-refractivity contribution in [3.8, 4) is 11.1 Å². The van der Waals surface area contributed by atoms with Gasteiger partial charge in [-0.1, -0.05) is 12.1 Å². The maximum Gasteiger partial charge on any atom is 0.335 e. The number of primary amides is 1. The lowest BCUT2D eigenvalue weighted by atomic mass is 9.84. The SMILES string of the molecule is CNC(N)=O.O=C1NCC(c2cc3ccc2-3)=NN1. The van der Waals surface area contributed by atoms with E-state index in [0.717, 1.165) is 11.3 Å². The second-order valence-corrected chi connectivity index (χ2v) is 3.73. The Morgan fingerprint density at radius 3 is 2.50 bits per heavy atom. The Balaban J connectivity index is 0.000000209. The van der Waals surface area contributed by atoms with E-state index >= 15 is 0 Å². The van der Waals surface area contributed by atoms with E-state index in [2.05, 4.69) is 45.1 Å². The quantitative estimate of drug-likeness (QED) is 0.567. The molecule has 0 radical (unpaired) electrons. The zero-order valence-corrected chi connectivity index (χ0v) is 9.78. The maximum atomic E-state index is 10.7. The minimum atomic E-state index is -0.495. The number of carbonyl (C=O) groups excluding carboxylic acids is 2. The molecule has 0 atom stereocenters. The Bertz CT molecular complexity index is 538. The molecule has 7 nitrogen and oxygen atoms in total. The average molecular weight is 247 g/mol. The summed E-state index contributed by atoms with van der Waals surface area (Å²) in [6.07, 6.45) is 0. The molecule has 1 aliphatic heterocycles. The van der Waals surface area contributed by atoms with Crippen LogP contribution in [0.3, 0.4) is 0 Å². The van der Waals surface area contributed by atoms with Crippen LogP contribution in [-0.4, -0.2) is 31.4 Å². The van der Waals surface area contributed by atoms with Gasteiger partial charge in [-0.2, -0.15) is 5.10 Å². The summed E-state index contributed by atoms with van der Waals surface area (Å²) in [6.45, 7) is 0.516. The predicted molar refractivity (Wildman–Crippen MR) is 67.2 cm³/mol. The van der Waals surface area contributed by atoms with Gasteiger partial charge in [0.1, 0.15) is 0 Å². The number of nitrogens with zero attached hydrogens (tertiary/aromatic N) is 1. The van der Waals surface area contributed by atoms with Gasteiger partial charge < -0.3 is 16.4 Å². The van der Waals surface area contributed by atoms with Crippen LogP contribution in [0.5, 0.6) is 0 Å². The minimum absolute atomic E-state index is 0.234. The molecular formula is C11H13N5O2. The van der Waals surface area contributed by atoms with Crippen molar-refractivity contribution in [2.24, 2.45) is 10.8 Å². The van der Waals surface area contributed by atoms with Crippen molar-refractivity contribution >= 4 is 17.8 Å². The molecule has 94 valence electrons. The number of urea groups is 2. The first-order valence-corrected chi connectivity index (χ1v) is 5.34. The third-order valence-corrected chi connectivity index (χ3v) is 2.60. The Hall–Kier alpha value is -2.57. The lowest BCUT2D eigenvalue weighted by molar-refractivity contribution is 0.241. The first kappa shape index (κ1) is 11.9. The molecular weight excluding hydrogens is 234 g/mol. The highest BCUT2D eigenvalue weighted by Gasteiger charge is 2.22. The molecule has 0 aromatic carbocycles. The van der Waals surface area contributed by atoms with Crippen molar-refractivity contribution in [3.63, 3.8) is 0 Å². The van der Waals surface area contributed by atoms with E-state index in [-0.39, 0.29) is 6.03 Å². The van der Waals surface area contributed by atoms with Crippen LogP contribution < -0.4 is 21.8 Å². The minimum Gasteiger partial charge on any atom is -0.352 e. The molecule has 0 saturated carbocycles. The summed E-state index contributed by atoms with van der Waals surface area (Å²) in [6, 6.07) is 5.47. The van der Waals surface area contributed by atoms with Crippen molar-refractivity contribution < 1.29 is 9.59 Å². The molecule has 3 rings (SSSR count). The van der Waals surface area contributed by atoms with E-state index in [1.54, 1.807) is 0 Å². The third-order valence-electron chi connectivity index (χ3n) is 2.60. The highest BCUT2D eigenvalue weighted by atomic mass is 16.2. The molecule has 3 aliphatic rings. The molecule has 7 heteroatoms. The number of carbonyl (C=O) groups is 2. The number of rotatable bonds is 1. The molecule has 0 fully saturated rings. The van der Waals surface area contributed by atoms with Gasteiger partial charge in [-0.15, -0.1) is 0 Å². The first-order chi connectivity index (χ1) is 8.61. The Kier molecular flexibility index (Phi) is 3.13. The second kappa shape index (κ2) is 4.74. The third kappa shape index (κ3) is 2.24. The number of hydrazone groups is 1. The van der Waals surface area contributed by atoms with E-state index in [1.165, 1.54) is 18.2 Å². The summed E-state index contributed by atoms with van der Waals surface area (Å²) < 4.78 is 0. The van der Waals surface area contributed by atoms with Crippen LogP contribution in [-0.2, 0) is 0 Å². The van der Waals surface area contributed by atoms with Crippen LogP contribution >= 0.6 is 0 Å². The number of hydrogen-bond donors (Lipinski definition) is 4. The van der Waals surface area contributed by atoms with E-state index in [4.69, 9.17) is 0 Å². The number of nitrogens with two attached hydrogens (primary N) is 1. The summed E-state index contributed by atoms with van der Waals surface area (Å²) >= 11 is 0. The van der Waals surface area contributed by atoms with Gasteiger partial charge in [-0.05, 0) is 17.2 Å². The zero-order chi connectivity index (χ0) is 13.1. The first-order valence-electron chi connectivity index (χ1n) is 5.34. The monoisotopic (exact) mass is 247 g/mol. The topological polar surface area (TPSA) is 109 Å². The Morgan fingerprint density at radius 1 is 1.44 bits per heavy atom. The number of nitrogens with one attached hydrogen (secondary N) is 3. The lowest BCUT2D eigenvalue weighted by Crippen LogP contribution is -2.42. The van der Waals surface area contributed by atoms with Gasteiger partial charge in [0.15, 0.2) is 0 Å². The van der Waals surface area contributed by atoms with Crippen molar-refractivity contribution in [2.75, 3.05) is 13.6 Å². The zero-order valence-electron chi connectivity index (χ0n) is 9.78. The number of benzene rings is 1. The van der Waals surface area contributed by atoms with Crippen LogP contribution in [0.25, 0.3) is 11.1 Å². The van der Waals surface area contributed by atoms with Crippen LogP contribution in [0.2, 0.25) is 0 Å². The van der Waals surface area contributed by atoms with Gasteiger partial charge in [0.25, 0.3) is 0 Å². The Morgan fingerprint density at radius 2 is 2.17 bits per heavy atom. The molecule has 2 aliphatic carbocycles. The summed E-state index contributed by atoms with van der Waals surface area (Å²) in [5.74, 6) is 0. The van der Waals surface area contributed by atoms with Gasteiger partial charge in [-0.25, -0.2) is 15.0 Å². The number of amides is 4. The van der Waals surface area contributed by atoms with Gasteiger partial charge in [-0.3, -0.25) is 0 Å². The fourth-order valence-electron chi connectivity index (χ4n) is 1.55. The molecule has 0 spiro atoms. The van der Waals surface area contributed by atoms with E-state index in [0.29, 0.717) is 6.54 Å². The lowest BCUT2D eigenvalue weighted by Gasteiger charge is -2.24. The number of hydrogen-bond acceptors (Lipinski definition) is 3. The fraction of sp³-hybridized carbons (Fsp3) is 0.182. The van der Waals surface area contributed by atoms with Crippen molar-refractivity contribution in [1.29, 1.82) is 0 Å². The highest BCUT2D eigenvalue weighted by Crippen LogP contribution is 2.36. The molecule has 1 heterocycles. The summed E-state index contributed by atoms with van der Waals surface area (Å²) in [4.78, 5) is 20.2. The van der Waals surface area contributed by atoms with Crippen LogP contribution in [0.4, 0.5) is 9.59 Å². The van der Waals surface area contributed by atoms with Crippen LogP contribution in [0.1, 0.15) is 5.56 Å². The summed E-state index contributed by atoms with van der Waals surface area (Å²) in [7, 11) is 1.47. The van der Waals surface area contributed by atoms with Gasteiger partial charge in [0, 0.05) is 12.6 Å². The fourth-order valence-corrected chi connectivity index (χ4v) is 1.55. The highest BCUT2D eigenvalue weighted by molar-refractivity contribution is 6.13. The van der Waals surface area contributed by atoms with Crippen molar-refractivity contribution in [1.82, 2.24) is 16.1 Å². The molecule has 5 N–H and O–H groups in total. The van der Waals surface area contributed by atoms with Crippen LogP contribution in [0.15, 0.2) is 23.3 Å². The predicted octanol–water partition coefficient (Wildman–Crippen LogP) is -0.0316. The van der Waals surface area contributed by atoms with Gasteiger partial charge >= 0.3 is 12.1 Å². The Labute approximate surface area is 103 Å². The van der Waals surface area contributed by atoms with E-state index < -0.39 is 6.03 Å². The van der Waals surface area contributed by atoms with Crippen molar-refractivity contribution in [2.45, 2.75) is 0 Å². The molecule has 0 aromatic rings. The van der Waals surface area contributed by atoms with E-state index in [1.807, 2.05) is 0 Å². The molecule has 0 saturated heterocycles.